The van der Waals surface area contributed by atoms with Crippen LogP contribution in [0.5, 0.6) is 5.75 Å². The van der Waals surface area contributed by atoms with Crippen LogP contribution in [0.2, 0.25) is 0 Å². The van der Waals surface area contributed by atoms with Gasteiger partial charge in [0.1, 0.15) is 23.9 Å². The summed E-state index contributed by atoms with van der Waals surface area (Å²) in [7, 11) is 0. The lowest BCUT2D eigenvalue weighted by molar-refractivity contribution is -0.142. The Morgan fingerprint density at radius 3 is 2.69 bits per heavy atom. The molecule has 1 fully saturated rings. The van der Waals surface area contributed by atoms with Gasteiger partial charge >= 0.3 is 5.97 Å². The molecule has 0 amide bonds. The van der Waals surface area contributed by atoms with Crippen molar-refractivity contribution < 1.29 is 23.0 Å². The van der Waals surface area contributed by atoms with E-state index in [1.807, 2.05) is 23.6 Å². The predicted octanol–water partition coefficient (Wildman–Crippen LogP) is 5.69. The highest BCUT2D eigenvalue weighted by atomic mass is 32.1. The fraction of sp³-hybridized carbons (Fsp3) is 0.417. The molecular weight excluding hydrogens is 434 g/mol. The molecule has 5 nitrogen and oxygen atoms in total. The molecule has 0 aliphatic carbocycles. The normalized spacial score (nSPS) is 14.2. The summed E-state index contributed by atoms with van der Waals surface area (Å²) < 4.78 is 39.7. The second-order valence-corrected chi connectivity index (χ2v) is 8.86. The Morgan fingerprint density at radius 2 is 1.97 bits per heavy atom. The van der Waals surface area contributed by atoms with E-state index in [1.165, 1.54) is 6.07 Å². The van der Waals surface area contributed by atoms with Crippen LogP contribution in [0.1, 0.15) is 43.5 Å². The van der Waals surface area contributed by atoms with Gasteiger partial charge in [0.15, 0.2) is 0 Å². The van der Waals surface area contributed by atoms with Crippen LogP contribution >= 0.6 is 11.3 Å². The van der Waals surface area contributed by atoms with Crippen LogP contribution in [0.25, 0.3) is 10.1 Å². The summed E-state index contributed by atoms with van der Waals surface area (Å²) in [5.41, 5.74) is 1.50. The molecule has 2 aromatic heterocycles. The van der Waals surface area contributed by atoms with Crippen LogP contribution in [0, 0.1) is 0 Å². The number of hydrogen-bond acceptors (Lipinski definition) is 6. The van der Waals surface area contributed by atoms with Gasteiger partial charge < -0.3 is 14.4 Å². The minimum Gasteiger partial charge on any atom is -0.489 e. The quantitative estimate of drug-likeness (QED) is 0.404. The number of carbonyl (C=O) groups excluding carboxylic acids is 1. The molecule has 1 saturated heterocycles. The maximum Gasteiger partial charge on any atom is 0.310 e. The second-order valence-electron chi connectivity index (χ2n) is 7.95. The van der Waals surface area contributed by atoms with Crippen molar-refractivity contribution in [1.29, 1.82) is 0 Å². The number of hydrogen-bond donors (Lipinski definition) is 0. The molecule has 0 unspecified atom stereocenters. The zero-order valence-corrected chi connectivity index (χ0v) is 19.0. The van der Waals surface area contributed by atoms with E-state index >= 15 is 0 Å². The van der Waals surface area contributed by atoms with E-state index in [2.05, 4.69) is 9.88 Å². The van der Waals surface area contributed by atoms with Crippen LogP contribution in [0.3, 0.4) is 0 Å². The van der Waals surface area contributed by atoms with E-state index in [-0.39, 0.29) is 24.7 Å². The molecule has 0 spiro atoms. The summed E-state index contributed by atoms with van der Waals surface area (Å²) in [6, 6.07) is 8.81. The third kappa shape index (κ3) is 5.01. The van der Waals surface area contributed by atoms with Gasteiger partial charge in [-0.25, -0.2) is 4.98 Å². The first-order chi connectivity index (χ1) is 15.3. The molecule has 1 aliphatic rings. The highest BCUT2D eigenvalue weighted by Gasteiger charge is 2.28. The van der Waals surface area contributed by atoms with E-state index in [4.69, 9.17) is 9.47 Å². The molecule has 0 saturated carbocycles. The molecule has 170 valence electrons. The topological polar surface area (TPSA) is 51.7 Å². The Morgan fingerprint density at radius 1 is 1.19 bits per heavy atom. The Hall–Kier alpha value is -2.74. The number of carbonyl (C=O) groups is 1. The highest BCUT2D eigenvalue weighted by molar-refractivity contribution is 7.17. The lowest BCUT2D eigenvalue weighted by Gasteiger charge is -2.22. The van der Waals surface area contributed by atoms with Crippen molar-refractivity contribution in [2.24, 2.45) is 0 Å². The van der Waals surface area contributed by atoms with Gasteiger partial charge in [-0.2, -0.15) is 8.78 Å². The van der Waals surface area contributed by atoms with Crippen LogP contribution < -0.4 is 9.64 Å². The number of esters is 1. The zero-order chi connectivity index (χ0) is 22.7. The average molecular weight is 461 g/mol. The largest absolute Gasteiger partial charge is 0.489 e. The SMILES string of the molecule is CCOC(=O)Cc1csc2cc(OCc3ccc(C(C)(F)F)nc3N3CCCC3)ccc12. The van der Waals surface area contributed by atoms with Gasteiger partial charge in [-0.05, 0) is 66.4 Å². The van der Waals surface area contributed by atoms with Crippen molar-refractivity contribution in [3.05, 3.63) is 52.5 Å². The Balaban J connectivity index is 1.52. The van der Waals surface area contributed by atoms with Gasteiger partial charge in [-0.1, -0.05) is 0 Å². The molecule has 0 N–H and O–H groups in total. The number of benzene rings is 1. The van der Waals surface area contributed by atoms with Crippen molar-refractivity contribution in [3.63, 3.8) is 0 Å². The number of halogens is 2. The van der Waals surface area contributed by atoms with Crippen molar-refractivity contribution in [2.45, 2.75) is 45.6 Å². The van der Waals surface area contributed by atoms with Gasteiger partial charge in [0.2, 0.25) is 0 Å². The molecule has 3 aromatic rings. The molecule has 0 atom stereocenters. The van der Waals surface area contributed by atoms with Crippen molar-refractivity contribution >= 4 is 33.2 Å². The van der Waals surface area contributed by atoms with E-state index in [0.717, 1.165) is 54.1 Å². The maximum atomic E-state index is 13.8. The number of alkyl halides is 2. The lowest BCUT2D eigenvalue weighted by Crippen LogP contribution is -2.23. The van der Waals surface area contributed by atoms with Crippen molar-refractivity contribution in [1.82, 2.24) is 4.98 Å². The fourth-order valence-corrected chi connectivity index (χ4v) is 4.85. The predicted molar refractivity (Wildman–Crippen MR) is 122 cm³/mol. The molecule has 0 bridgehead atoms. The van der Waals surface area contributed by atoms with E-state index in [9.17, 15) is 13.6 Å². The van der Waals surface area contributed by atoms with Gasteiger partial charge in [0.25, 0.3) is 5.92 Å². The third-order valence-electron chi connectivity index (χ3n) is 5.47. The number of aromatic nitrogens is 1. The number of rotatable bonds is 8. The summed E-state index contributed by atoms with van der Waals surface area (Å²) in [6.07, 6.45) is 2.29. The summed E-state index contributed by atoms with van der Waals surface area (Å²) in [6.45, 7) is 4.88. The van der Waals surface area contributed by atoms with E-state index < -0.39 is 5.92 Å². The molecule has 0 radical (unpaired) electrons. The van der Waals surface area contributed by atoms with Gasteiger partial charge in [-0.3, -0.25) is 4.79 Å². The van der Waals surface area contributed by atoms with E-state index in [1.54, 1.807) is 24.3 Å². The maximum absolute atomic E-state index is 13.8. The summed E-state index contributed by atoms with van der Waals surface area (Å²) >= 11 is 1.55. The lowest BCUT2D eigenvalue weighted by atomic mass is 10.1. The second kappa shape index (κ2) is 9.40. The highest BCUT2D eigenvalue weighted by Crippen LogP contribution is 2.33. The standard InChI is InChI=1S/C24H26F2N2O3S/c1-3-30-22(29)12-17-15-32-20-13-18(7-8-19(17)20)31-14-16-6-9-21(24(2,25)26)27-23(16)28-10-4-5-11-28/h6-9,13,15H,3-5,10-12,14H2,1-2H3. The average Bonchev–Trinajstić information content (AvgIpc) is 3.42. The number of ether oxygens (including phenoxy) is 2. The zero-order valence-electron chi connectivity index (χ0n) is 18.2. The van der Waals surface area contributed by atoms with Crippen molar-refractivity contribution in [3.8, 4) is 5.75 Å². The minimum absolute atomic E-state index is 0.225. The molecule has 1 aromatic carbocycles. The first-order valence-electron chi connectivity index (χ1n) is 10.8. The monoisotopic (exact) mass is 460 g/mol. The van der Waals surface area contributed by atoms with Crippen molar-refractivity contribution in [2.75, 3.05) is 24.6 Å². The van der Waals surface area contributed by atoms with Gasteiger partial charge in [0, 0.05) is 30.3 Å². The number of anilines is 1. The Kier molecular flexibility index (Phi) is 6.60. The summed E-state index contributed by atoms with van der Waals surface area (Å²) in [5, 5.41) is 2.97. The summed E-state index contributed by atoms with van der Waals surface area (Å²) in [4.78, 5) is 18.2. The van der Waals surface area contributed by atoms with Crippen LogP contribution in [0.15, 0.2) is 35.7 Å². The van der Waals surface area contributed by atoms with Crippen LogP contribution in [-0.4, -0.2) is 30.6 Å². The number of nitrogens with zero attached hydrogens (tertiary/aromatic N) is 2. The molecule has 3 heterocycles. The molecule has 32 heavy (non-hydrogen) atoms. The molecular formula is C24H26F2N2O3S. The minimum atomic E-state index is -2.99. The Bertz CT molecular complexity index is 1100. The number of pyridine rings is 1. The number of thiophene rings is 1. The molecule has 8 heteroatoms. The smallest absolute Gasteiger partial charge is 0.310 e. The van der Waals surface area contributed by atoms with E-state index in [0.29, 0.717) is 18.2 Å². The fourth-order valence-electron chi connectivity index (χ4n) is 3.86. The third-order valence-corrected chi connectivity index (χ3v) is 6.47. The molecule has 4 rings (SSSR count). The number of fused-ring (bicyclic) bond motifs is 1. The molecule has 1 aliphatic heterocycles. The van der Waals surface area contributed by atoms with Gasteiger partial charge in [-0.15, -0.1) is 11.3 Å². The Labute approximate surface area is 190 Å². The first-order valence-corrected chi connectivity index (χ1v) is 11.6. The summed E-state index contributed by atoms with van der Waals surface area (Å²) in [5.74, 6) is -1.97. The van der Waals surface area contributed by atoms with Crippen LogP contribution in [0.4, 0.5) is 14.6 Å². The van der Waals surface area contributed by atoms with Gasteiger partial charge in [0.05, 0.1) is 13.0 Å². The van der Waals surface area contributed by atoms with Crippen LogP contribution in [-0.2, 0) is 28.5 Å². The first kappa shape index (κ1) is 22.5.